The Balaban J connectivity index is 2.35. The van der Waals surface area contributed by atoms with E-state index in [1.165, 1.54) is 0 Å². The monoisotopic (exact) mass is 202 g/mol. The van der Waals surface area contributed by atoms with E-state index in [4.69, 9.17) is 16.0 Å². The molecule has 1 heterocycles. The highest BCUT2D eigenvalue weighted by Crippen LogP contribution is 2.23. The van der Waals surface area contributed by atoms with E-state index in [0.717, 1.165) is 25.7 Å². The number of hydrogen-bond donors (Lipinski definition) is 1. The first-order valence-corrected chi connectivity index (χ1v) is 5.05. The lowest BCUT2D eigenvalue weighted by atomic mass is 10.1. The fraction of sp³-hybridized carbons (Fsp3) is 0.600. The van der Waals surface area contributed by atoms with Gasteiger partial charge in [0.05, 0.1) is 0 Å². The second-order valence-electron chi connectivity index (χ2n) is 3.15. The smallest absolute Gasteiger partial charge is 0.193 e. The maximum absolute atomic E-state index is 9.61. The molecule has 0 saturated carbocycles. The van der Waals surface area contributed by atoms with E-state index in [1.807, 2.05) is 0 Å². The molecule has 0 amide bonds. The van der Waals surface area contributed by atoms with E-state index < -0.39 is 6.10 Å². The molecule has 0 radical (unpaired) electrons. The Bertz CT molecular complexity index is 245. The maximum atomic E-state index is 9.61. The van der Waals surface area contributed by atoms with Gasteiger partial charge in [0, 0.05) is 0 Å². The highest BCUT2D eigenvalue weighted by atomic mass is 35.5. The van der Waals surface area contributed by atoms with Crippen molar-refractivity contribution in [3.63, 3.8) is 0 Å². The molecular weight excluding hydrogens is 188 g/mol. The van der Waals surface area contributed by atoms with Crippen LogP contribution >= 0.6 is 11.6 Å². The van der Waals surface area contributed by atoms with E-state index in [0.29, 0.717) is 11.0 Å². The summed E-state index contributed by atoms with van der Waals surface area (Å²) in [5, 5.41) is 9.95. The average Bonchev–Trinajstić information content (AvgIpc) is 2.52. The number of rotatable bonds is 5. The van der Waals surface area contributed by atoms with Gasteiger partial charge in [0.25, 0.3) is 0 Å². The molecular formula is C10H15ClO2. The van der Waals surface area contributed by atoms with Crippen molar-refractivity contribution in [2.24, 2.45) is 0 Å². The Morgan fingerprint density at radius 1 is 1.46 bits per heavy atom. The first-order valence-electron chi connectivity index (χ1n) is 4.67. The van der Waals surface area contributed by atoms with Crippen LogP contribution < -0.4 is 0 Å². The topological polar surface area (TPSA) is 33.4 Å². The first-order chi connectivity index (χ1) is 6.24. The Kier molecular flexibility index (Phi) is 4.33. The van der Waals surface area contributed by atoms with Gasteiger partial charge in [0.2, 0.25) is 0 Å². The molecule has 1 aromatic rings. The Labute approximate surface area is 83.5 Å². The van der Waals surface area contributed by atoms with Crippen LogP contribution in [0.15, 0.2) is 16.5 Å². The lowest BCUT2D eigenvalue weighted by Crippen LogP contribution is -1.94. The Hall–Kier alpha value is -0.470. The zero-order valence-electron chi connectivity index (χ0n) is 7.79. The van der Waals surface area contributed by atoms with E-state index in [9.17, 15) is 5.11 Å². The average molecular weight is 203 g/mol. The third-order valence-corrected chi connectivity index (χ3v) is 2.21. The van der Waals surface area contributed by atoms with Crippen LogP contribution in [0, 0.1) is 0 Å². The molecule has 74 valence electrons. The van der Waals surface area contributed by atoms with Crippen LogP contribution in [0.3, 0.4) is 0 Å². The van der Waals surface area contributed by atoms with Crippen molar-refractivity contribution in [3.05, 3.63) is 23.1 Å². The summed E-state index contributed by atoms with van der Waals surface area (Å²) < 4.78 is 5.09. The van der Waals surface area contributed by atoms with Gasteiger partial charge in [-0.3, -0.25) is 0 Å². The molecule has 0 aromatic carbocycles. The molecule has 2 nitrogen and oxygen atoms in total. The molecule has 0 bridgehead atoms. The van der Waals surface area contributed by atoms with Gasteiger partial charge in [0.1, 0.15) is 11.9 Å². The summed E-state index contributed by atoms with van der Waals surface area (Å²) in [5.41, 5.74) is 0. The molecule has 1 unspecified atom stereocenters. The molecule has 0 aliphatic heterocycles. The number of hydrogen-bond acceptors (Lipinski definition) is 2. The number of halogens is 1. The summed E-state index contributed by atoms with van der Waals surface area (Å²) in [6.45, 7) is 2.14. The highest BCUT2D eigenvalue weighted by molar-refractivity contribution is 6.28. The molecule has 0 saturated heterocycles. The normalized spacial score (nSPS) is 13.2. The third-order valence-electron chi connectivity index (χ3n) is 2.00. The fourth-order valence-electron chi connectivity index (χ4n) is 1.24. The number of unbranched alkanes of at least 4 members (excludes halogenated alkanes) is 2. The van der Waals surface area contributed by atoms with Gasteiger partial charge in [-0.2, -0.15) is 0 Å². The van der Waals surface area contributed by atoms with Crippen molar-refractivity contribution in [1.29, 1.82) is 0 Å². The standard InChI is InChI=1S/C10H15ClO2/c1-2-3-4-5-8(12)9-6-7-10(11)13-9/h6-8,12H,2-5H2,1H3. The largest absolute Gasteiger partial charge is 0.447 e. The Morgan fingerprint density at radius 3 is 2.77 bits per heavy atom. The van der Waals surface area contributed by atoms with Crippen LogP contribution in [0.5, 0.6) is 0 Å². The summed E-state index contributed by atoms with van der Waals surface area (Å²) >= 11 is 5.59. The van der Waals surface area contributed by atoms with Crippen molar-refractivity contribution in [3.8, 4) is 0 Å². The van der Waals surface area contributed by atoms with E-state index in [2.05, 4.69) is 6.92 Å². The molecule has 1 rings (SSSR count). The molecule has 0 aliphatic carbocycles. The summed E-state index contributed by atoms with van der Waals surface area (Å²) in [5.74, 6) is 0.570. The molecule has 0 spiro atoms. The minimum atomic E-state index is -0.501. The molecule has 3 heteroatoms. The second-order valence-corrected chi connectivity index (χ2v) is 3.53. The summed E-state index contributed by atoms with van der Waals surface area (Å²) in [7, 11) is 0. The maximum Gasteiger partial charge on any atom is 0.193 e. The van der Waals surface area contributed by atoms with Crippen molar-refractivity contribution < 1.29 is 9.52 Å². The van der Waals surface area contributed by atoms with Gasteiger partial charge in [0.15, 0.2) is 5.22 Å². The first kappa shape index (κ1) is 10.6. The summed E-state index contributed by atoms with van der Waals surface area (Å²) in [6, 6.07) is 3.37. The van der Waals surface area contributed by atoms with Gasteiger partial charge in [-0.15, -0.1) is 0 Å². The summed E-state index contributed by atoms with van der Waals surface area (Å²) in [4.78, 5) is 0. The minimum Gasteiger partial charge on any atom is -0.447 e. The fourth-order valence-corrected chi connectivity index (χ4v) is 1.39. The van der Waals surface area contributed by atoms with E-state index in [1.54, 1.807) is 12.1 Å². The second kappa shape index (κ2) is 5.30. The predicted octanol–water partition coefficient (Wildman–Crippen LogP) is 3.55. The van der Waals surface area contributed by atoms with Crippen molar-refractivity contribution in [1.82, 2.24) is 0 Å². The zero-order chi connectivity index (χ0) is 9.68. The van der Waals surface area contributed by atoms with Crippen LogP contribution in [0.1, 0.15) is 44.5 Å². The van der Waals surface area contributed by atoms with Gasteiger partial charge in [-0.05, 0) is 30.2 Å². The van der Waals surface area contributed by atoms with Crippen molar-refractivity contribution in [2.75, 3.05) is 0 Å². The number of aliphatic hydroxyl groups is 1. The number of aliphatic hydroxyl groups excluding tert-OH is 1. The molecule has 1 atom stereocenters. The van der Waals surface area contributed by atoms with Gasteiger partial charge < -0.3 is 9.52 Å². The van der Waals surface area contributed by atoms with E-state index in [-0.39, 0.29) is 0 Å². The Morgan fingerprint density at radius 2 is 2.23 bits per heavy atom. The third kappa shape index (κ3) is 3.41. The van der Waals surface area contributed by atoms with Gasteiger partial charge >= 0.3 is 0 Å². The van der Waals surface area contributed by atoms with Gasteiger partial charge in [-0.1, -0.05) is 26.2 Å². The zero-order valence-corrected chi connectivity index (χ0v) is 8.55. The SMILES string of the molecule is CCCCCC(O)c1ccc(Cl)o1. The quantitative estimate of drug-likeness (QED) is 0.741. The lowest BCUT2D eigenvalue weighted by molar-refractivity contribution is 0.137. The van der Waals surface area contributed by atoms with Crippen LogP contribution in [0.25, 0.3) is 0 Å². The lowest BCUT2D eigenvalue weighted by Gasteiger charge is -2.05. The molecule has 1 aromatic heterocycles. The van der Waals surface area contributed by atoms with Gasteiger partial charge in [-0.25, -0.2) is 0 Å². The molecule has 0 aliphatic rings. The molecule has 0 fully saturated rings. The predicted molar refractivity (Wildman–Crippen MR) is 52.8 cm³/mol. The molecule has 13 heavy (non-hydrogen) atoms. The van der Waals surface area contributed by atoms with E-state index >= 15 is 0 Å². The van der Waals surface area contributed by atoms with Crippen molar-refractivity contribution in [2.45, 2.75) is 38.7 Å². The van der Waals surface area contributed by atoms with Crippen LogP contribution in [-0.4, -0.2) is 5.11 Å². The van der Waals surface area contributed by atoms with Crippen LogP contribution in [0.2, 0.25) is 5.22 Å². The van der Waals surface area contributed by atoms with Crippen LogP contribution in [-0.2, 0) is 0 Å². The summed E-state index contributed by atoms with van der Waals surface area (Å²) in [6.07, 6.45) is 3.57. The van der Waals surface area contributed by atoms with Crippen molar-refractivity contribution >= 4 is 11.6 Å². The van der Waals surface area contributed by atoms with Crippen LogP contribution in [0.4, 0.5) is 0 Å². The number of furan rings is 1. The minimum absolute atomic E-state index is 0.338. The molecule has 1 N–H and O–H groups in total. The highest BCUT2D eigenvalue weighted by Gasteiger charge is 2.10.